The fourth-order valence-corrected chi connectivity index (χ4v) is 2.63. The van der Waals surface area contributed by atoms with E-state index in [1.165, 1.54) is 6.07 Å². The number of nitrogens with one attached hydrogen (secondary N) is 2. The molecule has 6 nitrogen and oxygen atoms in total. The summed E-state index contributed by atoms with van der Waals surface area (Å²) in [6.45, 7) is 1.57. The molecule has 0 spiro atoms. The monoisotopic (exact) mass is 238 g/mol. The van der Waals surface area contributed by atoms with Gasteiger partial charge in [0.15, 0.2) is 0 Å². The molecule has 0 saturated heterocycles. The molecule has 1 heterocycles. The van der Waals surface area contributed by atoms with Gasteiger partial charge in [-0.15, -0.1) is 4.40 Å². The molecule has 16 heavy (non-hydrogen) atoms. The number of hydrogen-bond acceptors (Lipinski definition) is 4. The molecule has 0 aromatic heterocycles. The zero-order chi connectivity index (χ0) is 11.9. The Bertz CT molecular complexity index is 604. The largest absolute Gasteiger partial charge is 0.384 e. The third-order valence-corrected chi connectivity index (χ3v) is 3.55. The van der Waals surface area contributed by atoms with Crippen LogP contribution >= 0.6 is 0 Å². The van der Waals surface area contributed by atoms with Gasteiger partial charge < -0.3 is 11.1 Å². The van der Waals surface area contributed by atoms with Gasteiger partial charge in [-0.05, 0) is 25.1 Å². The Hall–Kier alpha value is -1.89. The topological polar surface area (TPSA) is 108 Å². The van der Waals surface area contributed by atoms with Gasteiger partial charge in [-0.1, -0.05) is 0 Å². The van der Waals surface area contributed by atoms with Gasteiger partial charge in [-0.3, -0.25) is 5.41 Å². The summed E-state index contributed by atoms with van der Waals surface area (Å²) in [5.41, 5.74) is 6.11. The Morgan fingerprint density at radius 3 is 2.81 bits per heavy atom. The molecule has 1 aliphatic heterocycles. The molecule has 0 atom stereocenters. The standard InChI is InChI=1S/C9H10N4O2S/c1-5-12-7-3-2-6(9(10)11)4-8(7)16(14,15)13-5/h2-4H,1H3,(H3,10,11)(H,12,13). The summed E-state index contributed by atoms with van der Waals surface area (Å²) < 4.78 is 27.0. The Labute approximate surface area is 92.8 Å². The lowest BCUT2D eigenvalue weighted by atomic mass is 10.2. The van der Waals surface area contributed by atoms with Crippen molar-refractivity contribution in [3.8, 4) is 0 Å². The maximum absolute atomic E-state index is 11.7. The van der Waals surface area contributed by atoms with Crippen LogP contribution in [0.1, 0.15) is 12.5 Å². The normalized spacial score (nSPS) is 16.9. The minimum Gasteiger partial charge on any atom is -0.384 e. The van der Waals surface area contributed by atoms with Gasteiger partial charge in [0.05, 0.1) is 5.69 Å². The molecule has 0 bridgehead atoms. The van der Waals surface area contributed by atoms with Crippen LogP contribution in [0.25, 0.3) is 0 Å². The second-order valence-corrected chi connectivity index (χ2v) is 4.97. The Kier molecular flexibility index (Phi) is 2.20. The van der Waals surface area contributed by atoms with E-state index in [1.54, 1.807) is 19.1 Å². The molecule has 1 aromatic rings. The summed E-state index contributed by atoms with van der Waals surface area (Å²) >= 11 is 0. The zero-order valence-electron chi connectivity index (χ0n) is 8.48. The lowest BCUT2D eigenvalue weighted by Crippen LogP contribution is -2.20. The zero-order valence-corrected chi connectivity index (χ0v) is 9.30. The number of nitrogens with two attached hydrogens (primary N) is 1. The smallest absolute Gasteiger partial charge is 0.286 e. The fourth-order valence-electron chi connectivity index (χ4n) is 1.45. The summed E-state index contributed by atoms with van der Waals surface area (Å²) in [7, 11) is -3.67. The minimum atomic E-state index is -3.67. The molecule has 0 fully saturated rings. The number of nitrogen functional groups attached to an aromatic ring is 1. The molecule has 0 saturated carbocycles. The first kappa shape index (κ1) is 10.6. The van der Waals surface area contributed by atoms with Crippen molar-refractivity contribution >= 4 is 27.4 Å². The van der Waals surface area contributed by atoms with E-state index in [0.717, 1.165) is 0 Å². The molecule has 1 aliphatic rings. The molecule has 0 radical (unpaired) electrons. The van der Waals surface area contributed by atoms with Crippen molar-refractivity contribution < 1.29 is 8.42 Å². The first-order valence-electron chi connectivity index (χ1n) is 4.47. The molecule has 2 rings (SSSR count). The highest BCUT2D eigenvalue weighted by atomic mass is 32.2. The molecule has 1 aromatic carbocycles. The molecule has 0 unspecified atom stereocenters. The summed E-state index contributed by atoms with van der Waals surface area (Å²) in [6, 6.07) is 4.50. The van der Waals surface area contributed by atoms with Crippen LogP contribution < -0.4 is 11.1 Å². The SMILES string of the molecule is CC1=NS(=O)(=O)c2cc(C(=N)N)ccc2N1. The van der Waals surface area contributed by atoms with Crippen molar-refractivity contribution in [3.63, 3.8) is 0 Å². The third-order valence-electron chi connectivity index (χ3n) is 2.14. The van der Waals surface area contributed by atoms with Crippen LogP contribution in [0.3, 0.4) is 0 Å². The number of anilines is 1. The number of amidine groups is 2. The fraction of sp³-hybridized carbons (Fsp3) is 0.111. The lowest BCUT2D eigenvalue weighted by molar-refractivity contribution is 0.598. The van der Waals surface area contributed by atoms with Crippen molar-refractivity contribution in [2.75, 3.05) is 5.32 Å². The Balaban J connectivity index is 2.68. The van der Waals surface area contributed by atoms with Gasteiger partial charge >= 0.3 is 0 Å². The number of fused-ring (bicyclic) bond motifs is 1. The number of rotatable bonds is 1. The second kappa shape index (κ2) is 3.31. The predicted octanol–water partition coefficient (Wildman–Crippen LogP) is 0.503. The molecule has 0 amide bonds. The lowest BCUT2D eigenvalue weighted by Gasteiger charge is -2.16. The highest BCUT2D eigenvalue weighted by molar-refractivity contribution is 7.90. The van der Waals surface area contributed by atoms with Gasteiger partial charge in [0.1, 0.15) is 16.6 Å². The molecule has 0 aliphatic carbocycles. The van der Waals surface area contributed by atoms with Crippen molar-refractivity contribution in [1.29, 1.82) is 5.41 Å². The van der Waals surface area contributed by atoms with Crippen LogP contribution in [-0.2, 0) is 10.0 Å². The molecular formula is C9H10N4O2S. The van der Waals surface area contributed by atoms with E-state index in [1.807, 2.05) is 0 Å². The Morgan fingerprint density at radius 2 is 2.19 bits per heavy atom. The quantitative estimate of drug-likeness (QED) is 0.489. The molecular weight excluding hydrogens is 228 g/mol. The number of hydrogen-bond donors (Lipinski definition) is 3. The second-order valence-electron chi connectivity index (χ2n) is 3.40. The summed E-state index contributed by atoms with van der Waals surface area (Å²) in [5, 5.41) is 10.1. The van der Waals surface area contributed by atoms with Gasteiger partial charge in [0, 0.05) is 5.56 Å². The van der Waals surface area contributed by atoms with Crippen molar-refractivity contribution in [1.82, 2.24) is 0 Å². The number of sulfonamides is 1. The Morgan fingerprint density at radius 1 is 1.50 bits per heavy atom. The van der Waals surface area contributed by atoms with Gasteiger partial charge in [-0.25, -0.2) is 0 Å². The summed E-state index contributed by atoms with van der Waals surface area (Å²) in [6.07, 6.45) is 0. The average Bonchev–Trinajstić information content (AvgIpc) is 2.15. The van der Waals surface area contributed by atoms with Crippen LogP contribution in [0, 0.1) is 5.41 Å². The summed E-state index contributed by atoms with van der Waals surface area (Å²) in [5.74, 6) is 0.146. The number of nitrogens with zero attached hydrogens (tertiary/aromatic N) is 1. The van der Waals surface area contributed by atoms with Gasteiger partial charge in [-0.2, -0.15) is 8.42 Å². The van der Waals surface area contributed by atoms with E-state index in [9.17, 15) is 8.42 Å². The van der Waals surface area contributed by atoms with Crippen LogP contribution in [0.5, 0.6) is 0 Å². The van der Waals surface area contributed by atoms with Crippen LogP contribution in [-0.4, -0.2) is 20.1 Å². The summed E-state index contributed by atoms with van der Waals surface area (Å²) in [4.78, 5) is 0.0470. The van der Waals surface area contributed by atoms with E-state index in [4.69, 9.17) is 11.1 Å². The van der Waals surface area contributed by atoms with Crippen molar-refractivity contribution in [3.05, 3.63) is 23.8 Å². The first-order valence-corrected chi connectivity index (χ1v) is 5.91. The van der Waals surface area contributed by atoms with Gasteiger partial charge in [0.25, 0.3) is 10.0 Å². The molecule has 7 heteroatoms. The van der Waals surface area contributed by atoms with Crippen molar-refractivity contribution in [2.45, 2.75) is 11.8 Å². The highest BCUT2D eigenvalue weighted by Gasteiger charge is 2.23. The van der Waals surface area contributed by atoms with Gasteiger partial charge in [0.2, 0.25) is 0 Å². The van der Waals surface area contributed by atoms with E-state index < -0.39 is 10.0 Å². The third kappa shape index (κ3) is 1.65. The van der Waals surface area contributed by atoms with Crippen molar-refractivity contribution in [2.24, 2.45) is 10.1 Å². The van der Waals surface area contributed by atoms with Crippen LogP contribution in [0.15, 0.2) is 27.5 Å². The highest BCUT2D eigenvalue weighted by Crippen LogP contribution is 2.27. The molecule has 84 valence electrons. The number of benzene rings is 1. The minimum absolute atomic E-state index is 0.0470. The van der Waals surface area contributed by atoms with E-state index >= 15 is 0 Å². The van der Waals surface area contributed by atoms with E-state index in [2.05, 4.69) is 9.71 Å². The first-order chi connectivity index (χ1) is 7.40. The average molecular weight is 238 g/mol. The predicted molar refractivity (Wildman–Crippen MR) is 61.4 cm³/mol. The van der Waals surface area contributed by atoms with E-state index in [0.29, 0.717) is 17.1 Å². The van der Waals surface area contributed by atoms with Crippen LogP contribution in [0.2, 0.25) is 0 Å². The van der Waals surface area contributed by atoms with Crippen LogP contribution in [0.4, 0.5) is 5.69 Å². The van der Waals surface area contributed by atoms with E-state index in [-0.39, 0.29) is 10.7 Å². The molecule has 4 N–H and O–H groups in total. The maximum atomic E-state index is 11.7. The maximum Gasteiger partial charge on any atom is 0.286 e.